The molecule has 0 aliphatic rings. The molecular formula is C24H35NO4. The number of unbranched alkanes of at least 4 members (excludes halogenated alkanes) is 6. The van der Waals surface area contributed by atoms with Gasteiger partial charge in [-0.05, 0) is 31.9 Å². The smallest absolute Gasteiger partial charge is 0.301 e. The van der Waals surface area contributed by atoms with Crippen LogP contribution in [0.1, 0.15) is 72.1 Å². The van der Waals surface area contributed by atoms with Gasteiger partial charge in [0, 0.05) is 17.7 Å². The number of aromatic hydroxyl groups is 1. The molecule has 0 atom stereocenters. The zero-order valence-corrected chi connectivity index (χ0v) is 18.1. The van der Waals surface area contributed by atoms with Crippen LogP contribution in [-0.4, -0.2) is 22.9 Å². The van der Waals surface area contributed by atoms with Gasteiger partial charge >= 0.3 is 5.56 Å². The van der Waals surface area contributed by atoms with Gasteiger partial charge in [0.1, 0.15) is 5.75 Å². The molecule has 5 heteroatoms. The van der Waals surface area contributed by atoms with Crippen LogP contribution in [-0.2, 0) is 0 Å². The van der Waals surface area contributed by atoms with Gasteiger partial charge < -0.3 is 14.6 Å². The SMILES string of the molecule is CC=Cn1c(=O)c(OCCCCCCCC)c(O)c2ccc(OCCCC)cc21. The van der Waals surface area contributed by atoms with Crippen molar-refractivity contribution in [2.45, 2.75) is 72.1 Å². The molecule has 2 aromatic rings. The van der Waals surface area contributed by atoms with Crippen LogP contribution in [0.5, 0.6) is 17.2 Å². The topological polar surface area (TPSA) is 60.7 Å². The van der Waals surface area contributed by atoms with Gasteiger partial charge in [0.2, 0.25) is 5.75 Å². The summed E-state index contributed by atoms with van der Waals surface area (Å²) in [4.78, 5) is 13.0. The summed E-state index contributed by atoms with van der Waals surface area (Å²) in [6, 6.07) is 5.40. The van der Waals surface area contributed by atoms with E-state index in [1.54, 1.807) is 24.4 Å². The molecule has 0 spiro atoms. The highest BCUT2D eigenvalue weighted by molar-refractivity contribution is 5.89. The highest BCUT2D eigenvalue weighted by atomic mass is 16.5. The second-order valence-electron chi connectivity index (χ2n) is 7.33. The number of hydrogen-bond acceptors (Lipinski definition) is 4. The number of rotatable bonds is 13. The number of benzene rings is 1. The first kappa shape index (κ1) is 22.9. The Kier molecular flexibility index (Phi) is 9.62. The van der Waals surface area contributed by atoms with Crippen molar-refractivity contribution in [3.05, 3.63) is 34.6 Å². The Morgan fingerprint density at radius 2 is 1.66 bits per heavy atom. The van der Waals surface area contributed by atoms with E-state index < -0.39 is 0 Å². The first-order chi connectivity index (χ1) is 14.1. The predicted molar refractivity (Wildman–Crippen MR) is 120 cm³/mol. The Bertz CT molecular complexity index is 854. The Labute approximate surface area is 174 Å². The van der Waals surface area contributed by atoms with E-state index in [4.69, 9.17) is 9.47 Å². The summed E-state index contributed by atoms with van der Waals surface area (Å²) in [5, 5.41) is 11.3. The molecule has 0 saturated heterocycles. The van der Waals surface area contributed by atoms with Crippen molar-refractivity contribution < 1.29 is 14.6 Å². The van der Waals surface area contributed by atoms with E-state index in [0.29, 0.717) is 29.9 Å². The van der Waals surface area contributed by atoms with E-state index >= 15 is 0 Å². The third kappa shape index (κ3) is 6.28. The fourth-order valence-corrected chi connectivity index (χ4v) is 3.26. The average Bonchev–Trinajstić information content (AvgIpc) is 2.72. The molecule has 0 amide bonds. The van der Waals surface area contributed by atoms with E-state index in [1.807, 2.05) is 13.0 Å². The maximum absolute atomic E-state index is 13.0. The van der Waals surface area contributed by atoms with E-state index in [1.165, 1.54) is 30.3 Å². The summed E-state index contributed by atoms with van der Waals surface area (Å²) in [6.07, 6.45) is 12.3. The van der Waals surface area contributed by atoms with E-state index in [9.17, 15) is 9.90 Å². The third-order valence-electron chi connectivity index (χ3n) is 4.92. The quantitative estimate of drug-likeness (QED) is 0.411. The molecule has 1 N–H and O–H groups in total. The van der Waals surface area contributed by atoms with Crippen molar-refractivity contribution in [2.75, 3.05) is 13.2 Å². The minimum absolute atomic E-state index is 0.0174. The van der Waals surface area contributed by atoms with Gasteiger partial charge in [0.15, 0.2) is 5.75 Å². The molecule has 0 aliphatic heterocycles. The average molecular weight is 402 g/mol. The highest BCUT2D eigenvalue weighted by Crippen LogP contribution is 2.33. The minimum Gasteiger partial charge on any atom is -0.504 e. The number of pyridine rings is 1. The maximum Gasteiger partial charge on any atom is 0.301 e. The monoisotopic (exact) mass is 401 g/mol. The summed E-state index contributed by atoms with van der Waals surface area (Å²) >= 11 is 0. The fourth-order valence-electron chi connectivity index (χ4n) is 3.26. The lowest BCUT2D eigenvalue weighted by atomic mass is 10.1. The van der Waals surface area contributed by atoms with Crippen molar-refractivity contribution in [1.82, 2.24) is 4.57 Å². The van der Waals surface area contributed by atoms with Crippen LogP contribution < -0.4 is 15.0 Å². The molecule has 0 aliphatic carbocycles. The van der Waals surface area contributed by atoms with Gasteiger partial charge in [-0.25, -0.2) is 0 Å². The molecule has 5 nitrogen and oxygen atoms in total. The van der Waals surface area contributed by atoms with Gasteiger partial charge in [0.05, 0.1) is 18.7 Å². The summed E-state index contributed by atoms with van der Waals surface area (Å²) in [5.74, 6) is 0.601. The zero-order chi connectivity index (χ0) is 21.1. The van der Waals surface area contributed by atoms with Crippen LogP contribution in [0.3, 0.4) is 0 Å². The number of allylic oxidation sites excluding steroid dienone is 1. The van der Waals surface area contributed by atoms with Crippen LogP contribution in [0, 0.1) is 0 Å². The third-order valence-corrected chi connectivity index (χ3v) is 4.92. The van der Waals surface area contributed by atoms with Gasteiger partial charge in [-0.1, -0.05) is 58.4 Å². The number of nitrogens with zero attached hydrogens (tertiary/aromatic N) is 1. The van der Waals surface area contributed by atoms with Crippen LogP contribution in [0.2, 0.25) is 0 Å². The van der Waals surface area contributed by atoms with Crippen molar-refractivity contribution >= 4 is 17.1 Å². The van der Waals surface area contributed by atoms with Crippen LogP contribution in [0.25, 0.3) is 17.1 Å². The number of aromatic nitrogens is 1. The van der Waals surface area contributed by atoms with E-state index in [2.05, 4.69) is 13.8 Å². The van der Waals surface area contributed by atoms with Gasteiger partial charge in [-0.3, -0.25) is 9.36 Å². The molecular weight excluding hydrogens is 366 g/mol. The molecule has 0 radical (unpaired) electrons. The highest BCUT2D eigenvalue weighted by Gasteiger charge is 2.17. The Balaban J connectivity index is 2.23. The fraction of sp³-hybridized carbons (Fsp3) is 0.542. The van der Waals surface area contributed by atoms with Crippen molar-refractivity contribution in [1.29, 1.82) is 0 Å². The lowest BCUT2D eigenvalue weighted by Crippen LogP contribution is -2.19. The van der Waals surface area contributed by atoms with Crippen LogP contribution in [0.15, 0.2) is 29.1 Å². The van der Waals surface area contributed by atoms with Gasteiger partial charge in [-0.2, -0.15) is 0 Å². The van der Waals surface area contributed by atoms with Crippen molar-refractivity contribution in [3.8, 4) is 17.2 Å². The lowest BCUT2D eigenvalue weighted by Gasteiger charge is -2.14. The zero-order valence-electron chi connectivity index (χ0n) is 18.1. The van der Waals surface area contributed by atoms with Crippen molar-refractivity contribution in [3.63, 3.8) is 0 Å². The second-order valence-corrected chi connectivity index (χ2v) is 7.33. The Morgan fingerprint density at radius 3 is 2.38 bits per heavy atom. The molecule has 1 heterocycles. The summed E-state index contributed by atoms with van der Waals surface area (Å²) < 4.78 is 13.0. The van der Waals surface area contributed by atoms with Gasteiger partial charge in [0.25, 0.3) is 0 Å². The van der Waals surface area contributed by atoms with E-state index in [0.717, 1.165) is 25.7 Å². The molecule has 160 valence electrons. The minimum atomic E-state index is -0.357. The molecule has 0 saturated carbocycles. The summed E-state index contributed by atoms with van der Waals surface area (Å²) in [6.45, 7) is 7.21. The normalized spacial score (nSPS) is 11.4. The molecule has 0 fully saturated rings. The largest absolute Gasteiger partial charge is 0.504 e. The van der Waals surface area contributed by atoms with Crippen molar-refractivity contribution in [2.24, 2.45) is 0 Å². The number of ether oxygens (including phenoxy) is 2. The van der Waals surface area contributed by atoms with E-state index in [-0.39, 0.29) is 17.1 Å². The first-order valence-electron chi connectivity index (χ1n) is 10.9. The number of hydrogen-bond donors (Lipinski definition) is 1. The molecule has 0 bridgehead atoms. The second kappa shape index (κ2) is 12.2. The molecule has 0 unspecified atom stereocenters. The summed E-state index contributed by atoms with van der Waals surface area (Å²) in [7, 11) is 0. The Morgan fingerprint density at radius 1 is 0.966 bits per heavy atom. The molecule has 29 heavy (non-hydrogen) atoms. The van der Waals surface area contributed by atoms with Crippen LogP contribution in [0.4, 0.5) is 0 Å². The molecule has 1 aromatic carbocycles. The Hall–Kier alpha value is -2.43. The maximum atomic E-state index is 13.0. The van der Waals surface area contributed by atoms with Gasteiger partial charge in [-0.15, -0.1) is 0 Å². The predicted octanol–water partition coefficient (Wildman–Crippen LogP) is 6.12. The lowest BCUT2D eigenvalue weighted by molar-refractivity contribution is 0.285. The number of fused-ring (bicyclic) bond motifs is 1. The first-order valence-corrected chi connectivity index (χ1v) is 10.9. The van der Waals surface area contributed by atoms with Crippen LogP contribution >= 0.6 is 0 Å². The molecule has 2 rings (SSSR count). The standard InChI is InChI=1S/C24H35NO4/c1-4-7-9-10-11-12-17-29-23-22(26)20-14-13-19(28-16-8-5-2)18-21(20)25(15-6-3)24(23)27/h6,13-15,18,26H,4-5,7-12,16-17H2,1-3H3. The summed E-state index contributed by atoms with van der Waals surface area (Å²) in [5.41, 5.74) is 0.247. The molecule has 1 aromatic heterocycles.